The number of thioether (sulfide) groups is 1. The number of carbonyl (C=O) groups is 2. The Morgan fingerprint density at radius 3 is 2.39 bits per heavy atom. The number of carbonyl (C=O) groups excluding carboxylic acids is 1. The van der Waals surface area contributed by atoms with Gasteiger partial charge in [0.25, 0.3) is 5.91 Å². The fraction of sp³-hybridized carbons (Fsp3) is 0.400. The van der Waals surface area contributed by atoms with Crippen LogP contribution in [0, 0.1) is 0 Å². The zero-order chi connectivity index (χ0) is 25.8. The number of unbranched alkanes of at least 4 members (excludes halogenated alkanes) is 1. The van der Waals surface area contributed by atoms with Crippen LogP contribution in [0.5, 0.6) is 5.75 Å². The molecule has 1 unspecified atom stereocenters. The van der Waals surface area contributed by atoms with Crippen LogP contribution in [0.3, 0.4) is 0 Å². The first-order valence-electron chi connectivity index (χ1n) is 12.9. The largest absolute Gasteiger partial charge is 0.494 e. The molecule has 0 spiro atoms. The van der Waals surface area contributed by atoms with Crippen LogP contribution >= 0.6 is 11.8 Å². The van der Waals surface area contributed by atoms with Crippen molar-refractivity contribution in [1.29, 1.82) is 0 Å². The van der Waals surface area contributed by atoms with Crippen molar-refractivity contribution < 1.29 is 19.4 Å². The average molecular weight is 508 g/mol. The van der Waals surface area contributed by atoms with E-state index in [4.69, 9.17) is 9.84 Å². The quantitative estimate of drug-likeness (QED) is 0.219. The molecule has 1 atom stereocenters. The van der Waals surface area contributed by atoms with Crippen LogP contribution in [0.4, 0.5) is 0 Å². The molecule has 3 aromatic rings. The molecular weight excluding hydrogens is 470 g/mol. The highest BCUT2D eigenvalue weighted by Crippen LogP contribution is 2.33. The zero-order valence-electron chi connectivity index (χ0n) is 21.3. The van der Waals surface area contributed by atoms with Crippen LogP contribution in [0.15, 0.2) is 60.7 Å². The van der Waals surface area contributed by atoms with Crippen molar-refractivity contribution in [3.05, 3.63) is 77.4 Å². The summed E-state index contributed by atoms with van der Waals surface area (Å²) in [7, 11) is 0. The van der Waals surface area contributed by atoms with E-state index < -0.39 is 5.97 Å². The molecule has 0 radical (unpaired) electrons. The summed E-state index contributed by atoms with van der Waals surface area (Å²) in [6, 6.07) is 20.7. The van der Waals surface area contributed by atoms with Crippen molar-refractivity contribution in [3.8, 4) is 5.75 Å². The summed E-state index contributed by atoms with van der Waals surface area (Å²) in [6.07, 6.45) is 4.23. The number of carboxylic acid groups (broad SMARTS) is 1. The fourth-order valence-electron chi connectivity index (χ4n) is 4.19. The number of rotatable bonds is 15. The van der Waals surface area contributed by atoms with Gasteiger partial charge < -0.3 is 15.2 Å². The minimum absolute atomic E-state index is 0.0873. The van der Waals surface area contributed by atoms with Crippen LogP contribution in [-0.2, 0) is 4.79 Å². The number of hydrogen-bond donors (Lipinski definition) is 2. The summed E-state index contributed by atoms with van der Waals surface area (Å²) in [5.41, 5.74) is 2.98. The lowest BCUT2D eigenvalue weighted by Crippen LogP contribution is -2.25. The smallest absolute Gasteiger partial charge is 0.305 e. The second-order valence-electron chi connectivity index (χ2n) is 8.88. The third kappa shape index (κ3) is 8.30. The van der Waals surface area contributed by atoms with Gasteiger partial charge in [0.15, 0.2) is 0 Å². The van der Waals surface area contributed by atoms with Gasteiger partial charge in [0, 0.05) is 18.0 Å². The molecule has 0 saturated heterocycles. The maximum Gasteiger partial charge on any atom is 0.305 e. The maximum absolute atomic E-state index is 12.4. The molecule has 0 heterocycles. The van der Waals surface area contributed by atoms with Gasteiger partial charge in [-0.25, -0.2) is 0 Å². The SMILES string of the molecule is CCCCOc1ccc2cc(C(CCCSCC)c3ccc(C(=O)NCCC(=O)O)cc3)ccc2c1. The highest BCUT2D eigenvalue weighted by atomic mass is 32.2. The second-order valence-corrected chi connectivity index (χ2v) is 10.3. The summed E-state index contributed by atoms with van der Waals surface area (Å²) in [5, 5.41) is 13.8. The van der Waals surface area contributed by atoms with Crippen molar-refractivity contribution in [2.24, 2.45) is 0 Å². The fourth-order valence-corrected chi connectivity index (χ4v) is 4.85. The van der Waals surface area contributed by atoms with Gasteiger partial charge in [-0.1, -0.05) is 56.7 Å². The highest BCUT2D eigenvalue weighted by molar-refractivity contribution is 7.99. The molecular formula is C30H37NO4S. The van der Waals surface area contributed by atoms with Gasteiger partial charge >= 0.3 is 5.97 Å². The Morgan fingerprint density at radius 2 is 1.67 bits per heavy atom. The van der Waals surface area contributed by atoms with Crippen LogP contribution < -0.4 is 10.1 Å². The molecule has 0 saturated carbocycles. The first-order valence-corrected chi connectivity index (χ1v) is 14.0. The Morgan fingerprint density at radius 1 is 0.944 bits per heavy atom. The van der Waals surface area contributed by atoms with Crippen LogP contribution in [0.1, 0.15) is 73.4 Å². The van der Waals surface area contributed by atoms with Crippen LogP contribution in [0.2, 0.25) is 0 Å². The summed E-state index contributed by atoms with van der Waals surface area (Å²) in [5.74, 6) is 2.22. The van der Waals surface area contributed by atoms with Crippen molar-refractivity contribution in [2.75, 3.05) is 24.7 Å². The molecule has 0 aromatic heterocycles. The Hall–Kier alpha value is -2.99. The van der Waals surface area contributed by atoms with Gasteiger partial charge in [-0.2, -0.15) is 11.8 Å². The minimum atomic E-state index is -0.926. The third-order valence-electron chi connectivity index (χ3n) is 6.19. The monoisotopic (exact) mass is 507 g/mol. The lowest BCUT2D eigenvalue weighted by molar-refractivity contribution is -0.136. The number of fused-ring (bicyclic) bond motifs is 1. The van der Waals surface area contributed by atoms with Gasteiger partial charge in [0.05, 0.1) is 13.0 Å². The van der Waals surface area contributed by atoms with Gasteiger partial charge in [-0.3, -0.25) is 9.59 Å². The summed E-state index contributed by atoms with van der Waals surface area (Å²) in [6.45, 7) is 5.21. The summed E-state index contributed by atoms with van der Waals surface area (Å²) < 4.78 is 5.88. The Bertz CT molecular complexity index is 1130. The number of hydrogen-bond acceptors (Lipinski definition) is 4. The molecule has 2 N–H and O–H groups in total. The topological polar surface area (TPSA) is 75.6 Å². The van der Waals surface area contributed by atoms with Crippen LogP contribution in [-0.4, -0.2) is 41.6 Å². The number of carboxylic acids is 1. The molecule has 192 valence electrons. The lowest BCUT2D eigenvalue weighted by Gasteiger charge is -2.19. The molecule has 0 aliphatic rings. The Labute approximate surface area is 218 Å². The van der Waals surface area contributed by atoms with E-state index in [2.05, 4.69) is 49.5 Å². The predicted molar refractivity (Wildman–Crippen MR) is 149 cm³/mol. The summed E-state index contributed by atoms with van der Waals surface area (Å²) >= 11 is 1.96. The first-order chi connectivity index (χ1) is 17.5. The van der Waals surface area contributed by atoms with Crippen molar-refractivity contribution in [1.82, 2.24) is 5.32 Å². The van der Waals surface area contributed by atoms with E-state index in [1.807, 2.05) is 42.1 Å². The molecule has 3 rings (SSSR count). The molecule has 1 amide bonds. The van der Waals surface area contributed by atoms with E-state index in [9.17, 15) is 9.59 Å². The number of nitrogens with one attached hydrogen (secondary N) is 1. The van der Waals surface area contributed by atoms with Crippen molar-refractivity contribution >= 4 is 34.4 Å². The van der Waals surface area contributed by atoms with E-state index >= 15 is 0 Å². The molecule has 0 bridgehead atoms. The van der Waals surface area contributed by atoms with Gasteiger partial charge in [0.1, 0.15) is 5.75 Å². The zero-order valence-corrected chi connectivity index (χ0v) is 22.1. The Balaban J connectivity index is 1.79. The molecule has 3 aromatic carbocycles. The molecule has 0 fully saturated rings. The number of ether oxygens (including phenoxy) is 1. The molecule has 6 heteroatoms. The first kappa shape index (κ1) is 27.6. The van der Waals surface area contributed by atoms with Crippen molar-refractivity contribution in [2.45, 2.75) is 51.9 Å². The standard InChI is InChI=1S/C30H37NO4S/c1-3-5-18-35-27-15-14-24-20-26(13-12-25(24)21-27)28(7-6-19-36-4-2)22-8-10-23(11-9-22)30(34)31-17-16-29(32)33/h8-15,20-21,28H,3-7,16-19H2,1-2H3,(H,31,34)(H,32,33). The normalized spacial score (nSPS) is 11.8. The number of amides is 1. The van der Waals surface area contributed by atoms with Crippen molar-refractivity contribution in [3.63, 3.8) is 0 Å². The number of benzene rings is 3. The number of aliphatic carboxylic acids is 1. The van der Waals surface area contributed by atoms with Gasteiger partial charge in [-0.15, -0.1) is 0 Å². The van der Waals surface area contributed by atoms with Gasteiger partial charge in [0.2, 0.25) is 0 Å². The minimum Gasteiger partial charge on any atom is -0.494 e. The second kappa shape index (κ2) is 14.5. The van der Waals surface area contributed by atoms with E-state index in [1.54, 1.807) is 0 Å². The predicted octanol–water partition coefficient (Wildman–Crippen LogP) is 6.89. The Kier molecular flexibility index (Phi) is 11.1. The third-order valence-corrected chi connectivity index (χ3v) is 7.18. The van der Waals surface area contributed by atoms with Crippen LogP contribution in [0.25, 0.3) is 10.8 Å². The van der Waals surface area contributed by atoms with Gasteiger partial charge in [-0.05, 0) is 76.9 Å². The van der Waals surface area contributed by atoms with E-state index in [-0.39, 0.29) is 24.8 Å². The molecule has 0 aliphatic heterocycles. The molecule has 5 nitrogen and oxygen atoms in total. The molecule has 36 heavy (non-hydrogen) atoms. The van der Waals surface area contributed by atoms with E-state index in [0.717, 1.165) is 49.5 Å². The lowest BCUT2D eigenvalue weighted by atomic mass is 9.86. The highest BCUT2D eigenvalue weighted by Gasteiger charge is 2.16. The maximum atomic E-state index is 12.4. The van der Waals surface area contributed by atoms with E-state index in [0.29, 0.717) is 5.56 Å². The molecule has 0 aliphatic carbocycles. The summed E-state index contributed by atoms with van der Waals surface area (Å²) in [4.78, 5) is 23.1. The van der Waals surface area contributed by atoms with E-state index in [1.165, 1.54) is 21.9 Å². The average Bonchev–Trinajstić information content (AvgIpc) is 2.88.